The van der Waals surface area contributed by atoms with E-state index < -0.39 is 6.10 Å². The summed E-state index contributed by atoms with van der Waals surface area (Å²) in [6, 6.07) is 12.9. The molecule has 7 nitrogen and oxygen atoms in total. The number of thioether (sulfide) groups is 1. The molecule has 2 aromatic heterocycles. The first kappa shape index (κ1) is 21.2. The Morgan fingerprint density at radius 3 is 2.65 bits per heavy atom. The fraction of sp³-hybridized carbons (Fsp3) is 0.182. The molecule has 0 aliphatic carbocycles. The zero-order valence-corrected chi connectivity index (χ0v) is 18.5. The lowest BCUT2D eigenvalue weighted by Gasteiger charge is -2.15. The molecule has 4 rings (SSSR count). The van der Waals surface area contributed by atoms with Gasteiger partial charge in [-0.05, 0) is 30.2 Å². The van der Waals surface area contributed by atoms with Crippen LogP contribution in [-0.2, 0) is 4.79 Å². The van der Waals surface area contributed by atoms with Crippen molar-refractivity contribution in [1.29, 1.82) is 0 Å². The van der Waals surface area contributed by atoms with Gasteiger partial charge in [0.25, 0.3) is 11.5 Å². The Bertz CT molecular complexity index is 1270. The summed E-state index contributed by atoms with van der Waals surface area (Å²) in [7, 11) is 1.60. The van der Waals surface area contributed by atoms with Gasteiger partial charge in [0, 0.05) is 19.8 Å². The third-order valence-electron chi connectivity index (χ3n) is 4.99. The number of nitrogens with one attached hydrogen (secondary N) is 1. The van der Waals surface area contributed by atoms with Gasteiger partial charge in [0.1, 0.15) is 15.8 Å². The highest BCUT2D eigenvalue weighted by molar-refractivity contribution is 8.26. The summed E-state index contributed by atoms with van der Waals surface area (Å²) in [5, 5.41) is 13.6. The smallest absolute Gasteiger partial charge is 0.267 e. The lowest BCUT2D eigenvalue weighted by Crippen LogP contribution is -2.24. The zero-order chi connectivity index (χ0) is 22.1. The van der Waals surface area contributed by atoms with E-state index in [1.165, 1.54) is 15.4 Å². The largest absolute Gasteiger partial charge is 0.387 e. The maximum atomic E-state index is 13.3. The number of aromatic nitrogens is 2. The molecular weight excluding hydrogens is 432 g/mol. The summed E-state index contributed by atoms with van der Waals surface area (Å²) in [6.45, 7) is 2.01. The molecule has 0 saturated carbocycles. The number of rotatable bonds is 5. The van der Waals surface area contributed by atoms with E-state index in [1.54, 1.807) is 19.3 Å². The molecule has 31 heavy (non-hydrogen) atoms. The van der Waals surface area contributed by atoms with E-state index in [2.05, 4.69) is 10.3 Å². The molecule has 1 fully saturated rings. The van der Waals surface area contributed by atoms with Crippen LogP contribution in [0.3, 0.4) is 0 Å². The van der Waals surface area contributed by atoms with Crippen molar-refractivity contribution in [2.24, 2.45) is 0 Å². The van der Waals surface area contributed by atoms with Crippen molar-refractivity contribution in [3.63, 3.8) is 0 Å². The van der Waals surface area contributed by atoms with Crippen LogP contribution in [0, 0.1) is 6.92 Å². The standard InChI is InChI=1S/C22H20N4O3S2/c1-13-7-6-10-26-19(13)24-18(23-12-16(27)14-8-4-3-5-9-14)15(20(26)28)11-17-21(29)25(2)22(30)31-17/h3-11,16,23,27H,12H2,1-2H3/b17-11+/t16-/m1/s1. The van der Waals surface area contributed by atoms with Crippen LogP contribution in [0.4, 0.5) is 5.82 Å². The number of benzene rings is 1. The number of likely N-dealkylation sites (N-methyl/N-ethyl adjacent to an activating group) is 1. The third kappa shape index (κ3) is 4.12. The van der Waals surface area contributed by atoms with Crippen LogP contribution < -0.4 is 10.9 Å². The Hall–Kier alpha value is -3.01. The number of amides is 1. The fourth-order valence-electron chi connectivity index (χ4n) is 3.24. The summed E-state index contributed by atoms with van der Waals surface area (Å²) in [5.74, 6) is 0.0367. The van der Waals surface area contributed by atoms with Crippen molar-refractivity contribution in [2.75, 3.05) is 18.9 Å². The van der Waals surface area contributed by atoms with Gasteiger partial charge in [-0.2, -0.15) is 0 Å². The summed E-state index contributed by atoms with van der Waals surface area (Å²) in [6.07, 6.45) is 2.37. The van der Waals surface area contributed by atoms with Crippen molar-refractivity contribution in [2.45, 2.75) is 13.0 Å². The quantitative estimate of drug-likeness (QED) is 0.455. The minimum atomic E-state index is -0.792. The molecule has 1 atom stereocenters. The van der Waals surface area contributed by atoms with Gasteiger partial charge < -0.3 is 10.4 Å². The lowest BCUT2D eigenvalue weighted by atomic mass is 10.1. The predicted molar refractivity (Wildman–Crippen MR) is 127 cm³/mol. The Kier molecular flexibility index (Phi) is 5.90. The number of carbonyl (C=O) groups excluding carboxylic acids is 1. The van der Waals surface area contributed by atoms with Crippen molar-refractivity contribution in [3.05, 3.63) is 80.6 Å². The second-order valence-electron chi connectivity index (χ2n) is 7.11. The van der Waals surface area contributed by atoms with Gasteiger partial charge in [0.05, 0.1) is 16.6 Å². The molecule has 1 aliphatic rings. The molecule has 1 amide bonds. The van der Waals surface area contributed by atoms with Gasteiger partial charge in [-0.3, -0.25) is 18.9 Å². The van der Waals surface area contributed by atoms with Crippen LogP contribution in [0.25, 0.3) is 11.7 Å². The molecule has 0 bridgehead atoms. The molecule has 1 aliphatic heterocycles. The minimum absolute atomic E-state index is 0.147. The Labute approximate surface area is 188 Å². The molecule has 1 saturated heterocycles. The molecule has 0 radical (unpaired) electrons. The van der Waals surface area contributed by atoms with Crippen LogP contribution >= 0.6 is 24.0 Å². The van der Waals surface area contributed by atoms with Gasteiger partial charge in [0.2, 0.25) is 0 Å². The van der Waals surface area contributed by atoms with Crippen LogP contribution in [0.2, 0.25) is 0 Å². The Morgan fingerprint density at radius 2 is 1.97 bits per heavy atom. The van der Waals surface area contributed by atoms with Crippen molar-refractivity contribution in [3.8, 4) is 0 Å². The van der Waals surface area contributed by atoms with Crippen LogP contribution in [0.1, 0.15) is 22.8 Å². The van der Waals surface area contributed by atoms with Crippen molar-refractivity contribution < 1.29 is 9.90 Å². The van der Waals surface area contributed by atoms with Gasteiger partial charge in [-0.1, -0.05) is 60.4 Å². The van der Waals surface area contributed by atoms with Gasteiger partial charge in [0.15, 0.2) is 0 Å². The number of hydrogen-bond donors (Lipinski definition) is 2. The SMILES string of the molecule is Cc1cccn2c(=O)c(/C=C3/SC(=S)N(C)C3=O)c(NC[C@@H](O)c3ccccc3)nc12. The minimum Gasteiger partial charge on any atom is -0.387 e. The number of fused-ring (bicyclic) bond motifs is 1. The highest BCUT2D eigenvalue weighted by Gasteiger charge is 2.29. The first-order valence-corrected chi connectivity index (χ1v) is 10.8. The number of carbonyl (C=O) groups is 1. The maximum absolute atomic E-state index is 13.3. The van der Waals surface area contributed by atoms with E-state index in [9.17, 15) is 14.7 Å². The maximum Gasteiger partial charge on any atom is 0.267 e. The normalized spacial score (nSPS) is 16.4. The summed E-state index contributed by atoms with van der Waals surface area (Å²) in [5.41, 5.74) is 2.00. The summed E-state index contributed by atoms with van der Waals surface area (Å²) in [4.78, 5) is 32.1. The number of aryl methyl sites for hydroxylation is 1. The first-order valence-electron chi connectivity index (χ1n) is 9.57. The van der Waals surface area contributed by atoms with Crippen LogP contribution in [0.15, 0.2) is 58.4 Å². The molecule has 3 heterocycles. The molecule has 158 valence electrons. The number of hydrogen-bond acceptors (Lipinski definition) is 7. The molecule has 0 spiro atoms. The van der Waals surface area contributed by atoms with E-state index in [0.717, 1.165) is 22.9 Å². The average Bonchev–Trinajstić information content (AvgIpc) is 3.02. The monoisotopic (exact) mass is 452 g/mol. The lowest BCUT2D eigenvalue weighted by molar-refractivity contribution is -0.121. The summed E-state index contributed by atoms with van der Waals surface area (Å²) >= 11 is 6.33. The Balaban J connectivity index is 1.78. The number of aliphatic hydroxyl groups excluding tert-OH is 1. The van der Waals surface area contributed by atoms with E-state index >= 15 is 0 Å². The second-order valence-corrected chi connectivity index (χ2v) is 8.79. The van der Waals surface area contributed by atoms with Crippen molar-refractivity contribution in [1.82, 2.24) is 14.3 Å². The molecule has 0 unspecified atom stereocenters. The highest BCUT2D eigenvalue weighted by atomic mass is 32.2. The van der Waals surface area contributed by atoms with Crippen LogP contribution in [-0.4, -0.2) is 43.2 Å². The fourth-order valence-corrected chi connectivity index (χ4v) is 4.40. The van der Waals surface area contributed by atoms with Gasteiger partial charge in [-0.15, -0.1) is 0 Å². The van der Waals surface area contributed by atoms with E-state index in [-0.39, 0.29) is 23.6 Å². The van der Waals surface area contributed by atoms with Crippen LogP contribution in [0.5, 0.6) is 0 Å². The number of pyridine rings is 1. The third-order valence-corrected chi connectivity index (χ3v) is 6.48. The zero-order valence-electron chi connectivity index (χ0n) is 16.9. The summed E-state index contributed by atoms with van der Waals surface area (Å²) < 4.78 is 1.88. The van der Waals surface area contributed by atoms with E-state index in [4.69, 9.17) is 12.2 Å². The Morgan fingerprint density at radius 1 is 1.23 bits per heavy atom. The molecular formula is C22H20N4O3S2. The first-order chi connectivity index (χ1) is 14.9. The number of thiocarbonyl (C=S) groups is 1. The number of aliphatic hydroxyl groups is 1. The predicted octanol–water partition coefficient (Wildman–Crippen LogP) is 2.98. The molecule has 2 N–H and O–H groups in total. The molecule has 1 aromatic carbocycles. The van der Waals surface area contributed by atoms with Crippen molar-refractivity contribution >= 4 is 51.7 Å². The van der Waals surface area contributed by atoms with Gasteiger partial charge >= 0.3 is 0 Å². The molecule has 9 heteroatoms. The number of nitrogens with zero attached hydrogens (tertiary/aromatic N) is 3. The average molecular weight is 453 g/mol. The molecule has 3 aromatic rings. The van der Waals surface area contributed by atoms with E-state index in [0.29, 0.717) is 20.7 Å². The topological polar surface area (TPSA) is 86.9 Å². The second kappa shape index (κ2) is 8.62. The highest BCUT2D eigenvalue weighted by Crippen LogP contribution is 2.32. The van der Waals surface area contributed by atoms with Gasteiger partial charge in [-0.25, -0.2) is 4.98 Å². The van der Waals surface area contributed by atoms with E-state index in [1.807, 2.05) is 43.3 Å². The number of anilines is 1.